The molecule has 1 saturated heterocycles. The van der Waals surface area contributed by atoms with Crippen LogP contribution in [-0.2, 0) is 6.54 Å². The predicted octanol–water partition coefficient (Wildman–Crippen LogP) is 3.32. The summed E-state index contributed by atoms with van der Waals surface area (Å²) < 4.78 is 5.26. The normalized spacial score (nSPS) is 22.0. The van der Waals surface area contributed by atoms with E-state index in [-0.39, 0.29) is 6.04 Å². The molecule has 3 heteroatoms. The van der Waals surface area contributed by atoms with Gasteiger partial charge < -0.3 is 10.5 Å². The van der Waals surface area contributed by atoms with Crippen LogP contribution in [0.4, 0.5) is 0 Å². The van der Waals surface area contributed by atoms with Gasteiger partial charge in [0.15, 0.2) is 0 Å². The molecule has 0 aliphatic carbocycles. The third-order valence-electron chi connectivity index (χ3n) is 4.80. The fraction of sp³-hybridized carbons (Fsp3) is 0.400. The fourth-order valence-corrected chi connectivity index (χ4v) is 3.51. The van der Waals surface area contributed by atoms with Crippen LogP contribution in [-0.4, -0.2) is 31.1 Å². The molecular formula is C20H26N2O. The number of ether oxygens (including phenoxy) is 1. The molecule has 2 aromatic carbocycles. The molecule has 2 atom stereocenters. The van der Waals surface area contributed by atoms with Crippen LogP contribution >= 0.6 is 0 Å². The van der Waals surface area contributed by atoms with E-state index in [1.165, 1.54) is 16.7 Å². The van der Waals surface area contributed by atoms with Crippen molar-refractivity contribution in [3.8, 4) is 5.75 Å². The maximum Gasteiger partial charge on any atom is 0.118 e. The molecule has 1 heterocycles. The smallest absolute Gasteiger partial charge is 0.118 e. The van der Waals surface area contributed by atoms with Gasteiger partial charge in [0.1, 0.15) is 5.75 Å². The zero-order valence-electron chi connectivity index (χ0n) is 14.0. The number of rotatable bonds is 4. The molecule has 23 heavy (non-hydrogen) atoms. The van der Waals surface area contributed by atoms with Crippen LogP contribution in [0.25, 0.3) is 0 Å². The molecular weight excluding hydrogens is 284 g/mol. The van der Waals surface area contributed by atoms with Crippen molar-refractivity contribution in [2.75, 3.05) is 20.2 Å². The summed E-state index contributed by atoms with van der Waals surface area (Å²) in [6.07, 6.45) is 1.05. The van der Waals surface area contributed by atoms with E-state index >= 15 is 0 Å². The van der Waals surface area contributed by atoms with Crippen LogP contribution in [0.3, 0.4) is 0 Å². The molecule has 1 aliphatic heterocycles. The van der Waals surface area contributed by atoms with E-state index in [4.69, 9.17) is 10.5 Å². The third kappa shape index (κ3) is 3.92. The molecule has 2 N–H and O–H groups in total. The van der Waals surface area contributed by atoms with Gasteiger partial charge in [0, 0.05) is 25.7 Å². The number of likely N-dealkylation sites (tertiary alicyclic amines) is 1. The van der Waals surface area contributed by atoms with Gasteiger partial charge in [0.25, 0.3) is 0 Å². The second-order valence-corrected chi connectivity index (χ2v) is 6.59. The maximum absolute atomic E-state index is 6.33. The average molecular weight is 310 g/mol. The topological polar surface area (TPSA) is 38.5 Å². The lowest BCUT2D eigenvalue weighted by Gasteiger charge is -2.37. The van der Waals surface area contributed by atoms with Gasteiger partial charge in [-0.15, -0.1) is 0 Å². The Labute approximate surface area is 139 Å². The monoisotopic (exact) mass is 310 g/mol. The highest BCUT2D eigenvalue weighted by molar-refractivity contribution is 5.30. The minimum atomic E-state index is 0.236. The molecule has 1 fully saturated rings. The van der Waals surface area contributed by atoms with Gasteiger partial charge in [-0.1, -0.05) is 36.4 Å². The number of piperidine rings is 1. The summed E-state index contributed by atoms with van der Waals surface area (Å²) in [4.78, 5) is 2.49. The maximum atomic E-state index is 6.33. The summed E-state index contributed by atoms with van der Waals surface area (Å²) in [5, 5.41) is 0. The number of hydrogen-bond acceptors (Lipinski definition) is 3. The molecule has 3 nitrogen and oxygen atoms in total. The van der Waals surface area contributed by atoms with Crippen molar-refractivity contribution in [1.29, 1.82) is 0 Å². The SMILES string of the molecule is COc1ccc(C2CC(N)CN(Cc3ccccc3C)C2)cc1. The molecule has 122 valence electrons. The van der Waals surface area contributed by atoms with Gasteiger partial charge in [-0.25, -0.2) is 0 Å². The van der Waals surface area contributed by atoms with E-state index in [2.05, 4.69) is 48.2 Å². The molecule has 0 radical (unpaired) electrons. The minimum absolute atomic E-state index is 0.236. The lowest BCUT2D eigenvalue weighted by Crippen LogP contribution is -2.45. The first-order chi connectivity index (χ1) is 11.2. The highest BCUT2D eigenvalue weighted by Crippen LogP contribution is 2.29. The van der Waals surface area contributed by atoms with Gasteiger partial charge in [0.05, 0.1) is 7.11 Å². The first-order valence-corrected chi connectivity index (χ1v) is 8.32. The van der Waals surface area contributed by atoms with Crippen LogP contribution in [0, 0.1) is 6.92 Å². The number of nitrogens with two attached hydrogens (primary N) is 1. The lowest BCUT2D eigenvalue weighted by molar-refractivity contribution is 0.181. The van der Waals surface area contributed by atoms with Crippen LogP contribution in [0.1, 0.15) is 29.0 Å². The van der Waals surface area contributed by atoms with Gasteiger partial charge in [-0.05, 0) is 48.1 Å². The molecule has 0 bridgehead atoms. The molecule has 0 saturated carbocycles. The van der Waals surface area contributed by atoms with Crippen LogP contribution in [0.5, 0.6) is 5.75 Å². The molecule has 3 rings (SSSR count). The van der Waals surface area contributed by atoms with E-state index in [1.807, 2.05) is 12.1 Å². The van der Waals surface area contributed by atoms with Crippen LogP contribution < -0.4 is 10.5 Å². The van der Waals surface area contributed by atoms with E-state index in [9.17, 15) is 0 Å². The first kappa shape index (κ1) is 16.0. The minimum Gasteiger partial charge on any atom is -0.497 e. The number of hydrogen-bond donors (Lipinski definition) is 1. The first-order valence-electron chi connectivity index (χ1n) is 8.32. The molecule has 0 aromatic heterocycles. The Morgan fingerprint density at radius 3 is 2.52 bits per heavy atom. The summed E-state index contributed by atoms with van der Waals surface area (Å²) >= 11 is 0. The Morgan fingerprint density at radius 2 is 1.83 bits per heavy atom. The Balaban J connectivity index is 1.72. The van der Waals surface area contributed by atoms with Gasteiger partial charge in [-0.3, -0.25) is 4.90 Å². The highest BCUT2D eigenvalue weighted by atomic mass is 16.5. The number of methoxy groups -OCH3 is 1. The molecule has 2 unspecified atom stereocenters. The van der Waals surface area contributed by atoms with Crippen molar-refractivity contribution in [1.82, 2.24) is 4.90 Å². The van der Waals surface area contributed by atoms with Crippen molar-refractivity contribution in [2.24, 2.45) is 5.73 Å². The fourth-order valence-electron chi connectivity index (χ4n) is 3.51. The van der Waals surface area contributed by atoms with Crippen molar-refractivity contribution in [3.05, 3.63) is 65.2 Å². The van der Waals surface area contributed by atoms with Crippen molar-refractivity contribution in [2.45, 2.75) is 31.8 Å². The zero-order valence-corrected chi connectivity index (χ0v) is 14.0. The number of aryl methyl sites for hydroxylation is 1. The third-order valence-corrected chi connectivity index (χ3v) is 4.80. The van der Waals surface area contributed by atoms with Crippen molar-refractivity contribution < 1.29 is 4.74 Å². The van der Waals surface area contributed by atoms with Gasteiger partial charge in [0.2, 0.25) is 0 Å². The lowest BCUT2D eigenvalue weighted by atomic mass is 9.88. The van der Waals surface area contributed by atoms with E-state index in [0.29, 0.717) is 5.92 Å². The van der Waals surface area contributed by atoms with Gasteiger partial charge in [-0.2, -0.15) is 0 Å². The van der Waals surface area contributed by atoms with Crippen molar-refractivity contribution >= 4 is 0 Å². The van der Waals surface area contributed by atoms with Crippen molar-refractivity contribution in [3.63, 3.8) is 0 Å². The standard InChI is InChI=1S/C20H26N2O/c1-15-5-3-4-6-17(15)12-22-13-18(11-19(21)14-22)16-7-9-20(23-2)10-8-16/h3-10,18-19H,11-14,21H2,1-2H3. The second kappa shape index (κ2) is 7.16. The molecule has 2 aromatic rings. The summed E-state index contributed by atoms with van der Waals surface area (Å²) in [7, 11) is 1.70. The summed E-state index contributed by atoms with van der Waals surface area (Å²) in [6.45, 7) is 5.20. The molecule has 1 aliphatic rings. The Morgan fingerprint density at radius 1 is 1.09 bits per heavy atom. The van der Waals surface area contributed by atoms with E-state index in [1.54, 1.807) is 7.11 Å². The summed E-state index contributed by atoms with van der Waals surface area (Å²) in [5.74, 6) is 1.40. The predicted molar refractivity (Wildman–Crippen MR) is 94.8 cm³/mol. The molecule has 0 spiro atoms. The van der Waals surface area contributed by atoms with Crippen LogP contribution in [0.2, 0.25) is 0 Å². The summed E-state index contributed by atoms with van der Waals surface area (Å²) in [6, 6.07) is 17.3. The molecule has 0 amide bonds. The largest absolute Gasteiger partial charge is 0.497 e. The highest BCUT2D eigenvalue weighted by Gasteiger charge is 2.26. The van der Waals surface area contributed by atoms with E-state index < -0.39 is 0 Å². The average Bonchev–Trinajstić information content (AvgIpc) is 2.56. The van der Waals surface area contributed by atoms with Gasteiger partial charge >= 0.3 is 0 Å². The Bertz CT molecular complexity index is 638. The second-order valence-electron chi connectivity index (χ2n) is 6.59. The van der Waals surface area contributed by atoms with E-state index in [0.717, 1.165) is 31.8 Å². The summed E-state index contributed by atoms with van der Waals surface area (Å²) in [5.41, 5.74) is 10.4. The number of nitrogens with zero attached hydrogens (tertiary/aromatic N) is 1. The Kier molecular flexibility index (Phi) is 4.99. The van der Waals surface area contributed by atoms with Crippen LogP contribution in [0.15, 0.2) is 48.5 Å². The quantitative estimate of drug-likeness (QED) is 0.941. The zero-order chi connectivity index (χ0) is 16.2. The number of benzene rings is 2. The Hall–Kier alpha value is -1.84.